The molecule has 0 bridgehead atoms. The predicted molar refractivity (Wildman–Crippen MR) is 122 cm³/mol. The first-order valence-electron chi connectivity index (χ1n) is 10.8. The highest BCUT2D eigenvalue weighted by atomic mass is 32.1. The van der Waals surface area contributed by atoms with Crippen molar-refractivity contribution in [3.8, 4) is 5.06 Å². The van der Waals surface area contributed by atoms with Gasteiger partial charge >= 0.3 is 6.09 Å². The van der Waals surface area contributed by atoms with E-state index in [0.29, 0.717) is 34.3 Å². The van der Waals surface area contributed by atoms with Crippen LogP contribution in [-0.2, 0) is 4.74 Å². The summed E-state index contributed by atoms with van der Waals surface area (Å²) in [5, 5.41) is 6.85. The van der Waals surface area contributed by atoms with Gasteiger partial charge in [-0.15, -0.1) is 0 Å². The first kappa shape index (κ1) is 22.1. The highest BCUT2D eigenvalue weighted by molar-refractivity contribution is 7.15. The minimum Gasteiger partial charge on any atom is -0.487 e. The molecule has 4 rings (SSSR count). The van der Waals surface area contributed by atoms with E-state index in [1.807, 2.05) is 0 Å². The molecule has 0 spiro atoms. The molecular weight excluding hydrogens is 430 g/mol. The summed E-state index contributed by atoms with van der Waals surface area (Å²) in [5.74, 6) is -0.344. The summed E-state index contributed by atoms with van der Waals surface area (Å²) in [7, 11) is 1.57. The molecule has 1 saturated heterocycles. The Labute approximate surface area is 190 Å². The summed E-state index contributed by atoms with van der Waals surface area (Å²) in [5.41, 5.74) is 1.22. The van der Waals surface area contributed by atoms with Gasteiger partial charge in [-0.3, -0.25) is 14.5 Å². The number of nitrogens with one attached hydrogen (secondary N) is 2. The van der Waals surface area contributed by atoms with Crippen LogP contribution in [0.4, 0.5) is 10.5 Å². The van der Waals surface area contributed by atoms with Crippen LogP contribution >= 0.6 is 11.3 Å². The summed E-state index contributed by atoms with van der Waals surface area (Å²) >= 11 is 1.30. The molecule has 1 saturated carbocycles. The maximum absolute atomic E-state index is 12.9. The molecule has 2 atom stereocenters. The molecule has 0 radical (unpaired) electrons. The normalized spacial score (nSPS) is 20.9. The zero-order valence-corrected chi connectivity index (χ0v) is 18.8. The van der Waals surface area contributed by atoms with Crippen LogP contribution in [0.3, 0.4) is 0 Å². The average molecular weight is 458 g/mol. The van der Waals surface area contributed by atoms with E-state index in [-0.39, 0.29) is 30.0 Å². The van der Waals surface area contributed by atoms with E-state index >= 15 is 0 Å². The molecule has 2 aromatic rings. The standard InChI is InChI=1S/C23H27N3O5S/c1-30-20-12-11-19(32-20)22(28)25-18-6-3-2-5-17(18)24-21(27)15-7-9-16(10-8-15)26-13-4-14-31-23(26)29/h7-12,17-18H,2-6,13-14H2,1H3,(H,24,27)(H,25,28). The second-order valence-corrected chi connectivity index (χ2v) is 8.98. The Balaban J connectivity index is 1.38. The number of anilines is 1. The third kappa shape index (κ3) is 5.04. The zero-order valence-electron chi connectivity index (χ0n) is 18.0. The number of amides is 3. The lowest BCUT2D eigenvalue weighted by Crippen LogP contribution is -2.53. The van der Waals surface area contributed by atoms with E-state index in [1.54, 1.807) is 48.4 Å². The lowest BCUT2D eigenvalue weighted by atomic mass is 9.90. The van der Waals surface area contributed by atoms with Gasteiger partial charge in [0, 0.05) is 29.9 Å². The van der Waals surface area contributed by atoms with Crippen LogP contribution in [0.1, 0.15) is 52.1 Å². The van der Waals surface area contributed by atoms with E-state index < -0.39 is 0 Å². The smallest absolute Gasteiger partial charge is 0.414 e. The molecule has 8 nitrogen and oxygen atoms in total. The van der Waals surface area contributed by atoms with Crippen molar-refractivity contribution in [1.29, 1.82) is 0 Å². The van der Waals surface area contributed by atoms with Crippen molar-refractivity contribution < 1.29 is 23.9 Å². The Bertz CT molecular complexity index is 974. The lowest BCUT2D eigenvalue weighted by Gasteiger charge is -2.32. The van der Waals surface area contributed by atoms with Crippen molar-refractivity contribution in [1.82, 2.24) is 10.6 Å². The number of rotatable bonds is 6. The number of hydrogen-bond acceptors (Lipinski definition) is 6. The van der Waals surface area contributed by atoms with Crippen molar-refractivity contribution >= 4 is 34.9 Å². The summed E-state index contributed by atoms with van der Waals surface area (Å²) in [6.45, 7) is 1.04. The van der Waals surface area contributed by atoms with Crippen LogP contribution in [0.25, 0.3) is 0 Å². The Kier molecular flexibility index (Phi) is 6.94. The van der Waals surface area contributed by atoms with E-state index in [4.69, 9.17) is 9.47 Å². The number of benzene rings is 1. The Morgan fingerprint density at radius 3 is 2.31 bits per heavy atom. The Morgan fingerprint density at radius 1 is 1.00 bits per heavy atom. The monoisotopic (exact) mass is 457 g/mol. The van der Waals surface area contributed by atoms with Gasteiger partial charge in [-0.25, -0.2) is 4.79 Å². The number of hydrogen-bond donors (Lipinski definition) is 2. The van der Waals surface area contributed by atoms with Crippen molar-refractivity contribution in [3.63, 3.8) is 0 Å². The molecule has 2 fully saturated rings. The molecule has 1 aliphatic carbocycles. The molecule has 3 amide bonds. The van der Waals surface area contributed by atoms with Gasteiger partial charge in [0.05, 0.1) is 18.6 Å². The predicted octanol–water partition coefficient (Wildman–Crippen LogP) is 3.57. The van der Waals surface area contributed by atoms with Crippen LogP contribution in [0, 0.1) is 0 Å². The Hall–Kier alpha value is -3.07. The fourth-order valence-corrected chi connectivity index (χ4v) is 4.82. The van der Waals surface area contributed by atoms with Crippen molar-refractivity contribution in [3.05, 3.63) is 46.8 Å². The highest BCUT2D eigenvalue weighted by Gasteiger charge is 2.29. The molecule has 32 heavy (non-hydrogen) atoms. The molecule has 2 unspecified atom stereocenters. The van der Waals surface area contributed by atoms with Crippen molar-refractivity contribution in [2.45, 2.75) is 44.2 Å². The van der Waals surface area contributed by atoms with Gasteiger partial charge in [-0.1, -0.05) is 24.2 Å². The summed E-state index contributed by atoms with van der Waals surface area (Å²) in [6.07, 6.45) is 4.04. The molecule has 170 valence electrons. The first-order valence-corrected chi connectivity index (χ1v) is 11.7. The third-order valence-corrected chi connectivity index (χ3v) is 6.86. The van der Waals surface area contributed by atoms with Gasteiger partial charge in [-0.2, -0.15) is 0 Å². The van der Waals surface area contributed by atoms with Gasteiger partial charge < -0.3 is 20.1 Å². The molecular formula is C23H27N3O5S. The number of methoxy groups -OCH3 is 1. The largest absolute Gasteiger partial charge is 0.487 e. The first-order chi connectivity index (χ1) is 15.5. The quantitative estimate of drug-likeness (QED) is 0.691. The highest BCUT2D eigenvalue weighted by Crippen LogP contribution is 2.25. The zero-order chi connectivity index (χ0) is 22.5. The number of cyclic esters (lactones) is 1. The molecule has 2 N–H and O–H groups in total. The van der Waals surface area contributed by atoms with Crippen LogP contribution in [0.2, 0.25) is 0 Å². The number of nitrogens with zero attached hydrogens (tertiary/aromatic N) is 1. The molecule has 1 aliphatic heterocycles. The fraction of sp³-hybridized carbons (Fsp3) is 0.435. The Morgan fingerprint density at radius 2 is 1.69 bits per heavy atom. The summed E-state index contributed by atoms with van der Waals surface area (Å²) < 4.78 is 10.2. The number of ether oxygens (including phenoxy) is 2. The van der Waals surface area contributed by atoms with Crippen LogP contribution in [0.5, 0.6) is 5.06 Å². The second-order valence-electron chi connectivity index (χ2n) is 7.93. The summed E-state index contributed by atoms with van der Waals surface area (Å²) in [6, 6.07) is 10.2. The fourth-order valence-electron chi connectivity index (χ4n) is 4.10. The third-order valence-electron chi connectivity index (χ3n) is 5.82. The van der Waals surface area contributed by atoms with Gasteiger partial charge in [0.25, 0.3) is 11.8 Å². The van der Waals surface area contributed by atoms with E-state index in [1.165, 1.54) is 11.3 Å². The van der Waals surface area contributed by atoms with Gasteiger partial charge in [0.1, 0.15) is 0 Å². The number of carbonyl (C=O) groups excluding carboxylic acids is 3. The molecule has 1 aromatic heterocycles. The minimum absolute atomic E-state index is 0.129. The van der Waals surface area contributed by atoms with Crippen LogP contribution in [0.15, 0.2) is 36.4 Å². The molecule has 1 aromatic carbocycles. The second kappa shape index (κ2) is 10.0. The maximum atomic E-state index is 12.9. The summed E-state index contributed by atoms with van der Waals surface area (Å²) in [4.78, 5) is 39.6. The minimum atomic E-state index is -0.363. The van der Waals surface area contributed by atoms with Crippen LogP contribution < -0.4 is 20.3 Å². The van der Waals surface area contributed by atoms with E-state index in [9.17, 15) is 14.4 Å². The molecule has 9 heteroatoms. The number of carbonyl (C=O) groups is 3. The SMILES string of the molecule is COc1ccc(C(=O)NC2CCCCC2NC(=O)c2ccc(N3CCCOC3=O)cc2)s1. The maximum Gasteiger partial charge on any atom is 0.414 e. The van der Waals surface area contributed by atoms with Gasteiger partial charge in [-0.05, 0) is 55.7 Å². The van der Waals surface area contributed by atoms with Crippen molar-refractivity contribution in [2.24, 2.45) is 0 Å². The number of thiophene rings is 1. The average Bonchev–Trinajstić information content (AvgIpc) is 3.30. The topological polar surface area (TPSA) is 97.0 Å². The van der Waals surface area contributed by atoms with E-state index in [2.05, 4.69) is 10.6 Å². The van der Waals surface area contributed by atoms with Gasteiger partial charge in [0.2, 0.25) is 0 Å². The molecule has 2 heterocycles. The van der Waals surface area contributed by atoms with Crippen LogP contribution in [-0.4, -0.2) is 50.3 Å². The van der Waals surface area contributed by atoms with E-state index in [0.717, 1.165) is 32.1 Å². The lowest BCUT2D eigenvalue weighted by molar-refractivity contribution is 0.0865. The van der Waals surface area contributed by atoms with Gasteiger partial charge in [0.15, 0.2) is 5.06 Å². The molecule has 2 aliphatic rings. The van der Waals surface area contributed by atoms with Crippen molar-refractivity contribution in [2.75, 3.05) is 25.2 Å².